The number of carbonyl (C=O) groups is 1. The molecule has 1 aromatic heterocycles. The largest absolute Gasteiger partial charge is 0.416 e. The number of sulfonamides is 1. The van der Waals surface area contributed by atoms with Crippen molar-refractivity contribution in [3.8, 4) is 0 Å². The molecule has 0 bridgehead atoms. The van der Waals surface area contributed by atoms with Crippen molar-refractivity contribution >= 4 is 64.8 Å². The molecule has 2 fully saturated rings. The Labute approximate surface area is 245 Å². The zero-order chi connectivity index (χ0) is 27.9. The Kier molecular flexibility index (Phi) is 8.18. The maximum Gasteiger partial charge on any atom is 0.416 e. The summed E-state index contributed by atoms with van der Waals surface area (Å²) in [5.41, 5.74) is 0.649. The molecule has 0 N–H and O–H groups in total. The van der Waals surface area contributed by atoms with Crippen LogP contribution in [-0.4, -0.2) is 62.8 Å². The van der Waals surface area contributed by atoms with Crippen LogP contribution >= 0.6 is 43.2 Å². The number of hydrogen-bond acceptors (Lipinski definition) is 5. The van der Waals surface area contributed by atoms with Crippen molar-refractivity contribution in [2.24, 2.45) is 5.92 Å². The minimum Gasteiger partial charge on any atom is -0.368 e. The smallest absolute Gasteiger partial charge is 0.368 e. The Balaban J connectivity index is 1.34. The highest BCUT2D eigenvalue weighted by Crippen LogP contribution is 2.41. The topological polar surface area (TPSA) is 60.9 Å². The Morgan fingerprint density at radius 2 is 1.62 bits per heavy atom. The minimum absolute atomic E-state index is 0.0572. The fourth-order valence-electron chi connectivity index (χ4n) is 5.13. The molecule has 0 radical (unpaired) electrons. The quantitative estimate of drug-likeness (QED) is 0.325. The van der Waals surface area contributed by atoms with Gasteiger partial charge in [-0.25, -0.2) is 8.42 Å². The van der Waals surface area contributed by atoms with Crippen LogP contribution in [0.5, 0.6) is 0 Å². The third-order valence-electron chi connectivity index (χ3n) is 7.18. The lowest BCUT2D eigenvalue weighted by Crippen LogP contribution is -2.51. The number of rotatable bonds is 5. The number of halogens is 5. The fourth-order valence-corrected chi connectivity index (χ4v) is 9.60. The lowest BCUT2D eigenvalue weighted by atomic mass is 9.88. The summed E-state index contributed by atoms with van der Waals surface area (Å²) in [6, 6.07) is 16.2. The van der Waals surface area contributed by atoms with Gasteiger partial charge in [-0.15, -0.1) is 11.3 Å². The van der Waals surface area contributed by atoms with Crippen LogP contribution in [0, 0.1) is 5.92 Å². The molecule has 2 saturated heterocycles. The summed E-state index contributed by atoms with van der Waals surface area (Å²) in [5, 5.41) is 0. The van der Waals surface area contributed by atoms with E-state index in [-0.39, 0.29) is 29.1 Å². The van der Waals surface area contributed by atoms with E-state index in [4.69, 9.17) is 0 Å². The molecule has 0 saturated carbocycles. The summed E-state index contributed by atoms with van der Waals surface area (Å²) in [4.78, 5) is 17.4. The lowest BCUT2D eigenvalue weighted by molar-refractivity contribution is -0.137. The standard InChI is InChI=1S/C26H24Br2F3N3O3S2/c27-22-14-23(38-24(22)28)39(36,37)34-15-20(17-5-2-1-3-6-17)21(16-34)25(35)33-11-9-32(10-12-33)19-8-4-7-18(13-19)26(29,30)31/h1-8,13-14,20-21H,9-12,15-16H2. The Morgan fingerprint density at radius 1 is 0.923 bits per heavy atom. The van der Waals surface area contributed by atoms with E-state index in [9.17, 15) is 26.4 Å². The van der Waals surface area contributed by atoms with E-state index in [2.05, 4.69) is 31.9 Å². The molecular formula is C26H24Br2F3N3O3S2. The Hall–Kier alpha value is -1.93. The molecule has 5 rings (SSSR count). The second-order valence-electron chi connectivity index (χ2n) is 9.49. The number of amides is 1. The number of nitrogens with zero attached hydrogens (tertiary/aromatic N) is 3. The number of carbonyl (C=O) groups excluding carboxylic acids is 1. The van der Waals surface area contributed by atoms with Crippen LogP contribution < -0.4 is 4.90 Å². The number of alkyl halides is 3. The predicted octanol–water partition coefficient (Wildman–Crippen LogP) is 6.05. The van der Waals surface area contributed by atoms with Gasteiger partial charge in [-0.3, -0.25) is 4.79 Å². The van der Waals surface area contributed by atoms with Crippen molar-refractivity contribution < 1.29 is 26.4 Å². The lowest BCUT2D eigenvalue weighted by Gasteiger charge is -2.38. The van der Waals surface area contributed by atoms with Crippen LogP contribution in [-0.2, 0) is 21.0 Å². The van der Waals surface area contributed by atoms with Gasteiger partial charge in [0.2, 0.25) is 5.91 Å². The van der Waals surface area contributed by atoms with Gasteiger partial charge in [0.25, 0.3) is 10.0 Å². The van der Waals surface area contributed by atoms with Crippen LogP contribution in [0.2, 0.25) is 0 Å². The summed E-state index contributed by atoms with van der Waals surface area (Å²) in [5.74, 6) is -1.03. The van der Waals surface area contributed by atoms with Gasteiger partial charge in [0.1, 0.15) is 4.21 Å². The molecule has 3 heterocycles. The first-order valence-electron chi connectivity index (χ1n) is 12.2. The van der Waals surface area contributed by atoms with E-state index in [0.29, 0.717) is 40.1 Å². The van der Waals surface area contributed by atoms with Crippen LogP contribution in [0.3, 0.4) is 0 Å². The maximum absolute atomic E-state index is 13.8. The monoisotopic (exact) mass is 705 g/mol. The van der Waals surface area contributed by atoms with Crippen LogP contribution in [0.1, 0.15) is 17.0 Å². The molecule has 2 aromatic carbocycles. The summed E-state index contributed by atoms with van der Waals surface area (Å²) >= 11 is 7.82. The fraction of sp³-hybridized carbons (Fsp3) is 0.346. The number of anilines is 1. The number of hydrogen-bond donors (Lipinski definition) is 0. The Bertz CT molecular complexity index is 1440. The molecule has 2 unspecified atom stereocenters. The van der Waals surface area contributed by atoms with Gasteiger partial charge in [-0.1, -0.05) is 36.4 Å². The minimum atomic E-state index is -4.43. The van der Waals surface area contributed by atoms with Crippen LogP contribution in [0.15, 0.2) is 73.1 Å². The Morgan fingerprint density at radius 3 is 2.23 bits per heavy atom. The molecule has 13 heteroatoms. The molecule has 0 aliphatic carbocycles. The normalized spacial score (nSPS) is 20.9. The van der Waals surface area contributed by atoms with Crippen LogP contribution in [0.4, 0.5) is 18.9 Å². The van der Waals surface area contributed by atoms with Crippen LogP contribution in [0.25, 0.3) is 0 Å². The molecule has 3 aromatic rings. The molecule has 0 spiro atoms. The molecule has 1 amide bonds. The van der Waals surface area contributed by atoms with E-state index >= 15 is 0 Å². The van der Waals surface area contributed by atoms with Gasteiger partial charge >= 0.3 is 6.18 Å². The predicted molar refractivity (Wildman–Crippen MR) is 151 cm³/mol. The van der Waals surface area contributed by atoms with Gasteiger partial charge in [0.15, 0.2) is 0 Å². The zero-order valence-electron chi connectivity index (χ0n) is 20.4. The first-order valence-corrected chi connectivity index (χ1v) is 16.0. The number of benzene rings is 2. The summed E-state index contributed by atoms with van der Waals surface area (Å²) in [7, 11) is -3.82. The van der Waals surface area contributed by atoms with Gasteiger partial charge in [-0.05, 0) is 61.7 Å². The van der Waals surface area contributed by atoms with Gasteiger partial charge in [0.05, 0.1) is 15.3 Å². The second kappa shape index (κ2) is 11.2. The van der Waals surface area contributed by atoms with Crippen molar-refractivity contribution in [1.82, 2.24) is 9.21 Å². The highest BCUT2D eigenvalue weighted by atomic mass is 79.9. The molecule has 208 valence electrons. The highest BCUT2D eigenvalue weighted by Gasteiger charge is 2.45. The van der Waals surface area contributed by atoms with E-state index in [1.165, 1.54) is 10.4 Å². The maximum atomic E-state index is 13.8. The van der Waals surface area contributed by atoms with Gasteiger partial charge in [-0.2, -0.15) is 17.5 Å². The summed E-state index contributed by atoms with van der Waals surface area (Å²) in [6.07, 6.45) is -4.43. The number of piperazine rings is 1. The first-order chi connectivity index (χ1) is 18.4. The van der Waals surface area contributed by atoms with E-state index in [1.807, 2.05) is 35.2 Å². The van der Waals surface area contributed by atoms with E-state index < -0.39 is 27.7 Å². The van der Waals surface area contributed by atoms with E-state index in [1.54, 1.807) is 17.0 Å². The summed E-state index contributed by atoms with van der Waals surface area (Å²) < 4.78 is 69.4. The van der Waals surface area contributed by atoms with E-state index in [0.717, 1.165) is 29.0 Å². The van der Waals surface area contributed by atoms with Crippen molar-refractivity contribution in [2.45, 2.75) is 16.3 Å². The van der Waals surface area contributed by atoms with Crippen molar-refractivity contribution in [3.05, 3.63) is 80.0 Å². The molecule has 2 aliphatic rings. The average molecular weight is 707 g/mol. The number of thiophene rings is 1. The highest BCUT2D eigenvalue weighted by molar-refractivity contribution is 9.13. The van der Waals surface area contributed by atoms with Crippen molar-refractivity contribution in [3.63, 3.8) is 0 Å². The SMILES string of the molecule is O=C(C1CN(S(=O)(=O)c2cc(Br)c(Br)s2)CC1c1ccccc1)N1CCN(c2cccc(C(F)(F)F)c2)CC1. The first kappa shape index (κ1) is 28.6. The van der Waals surface area contributed by atoms with Crippen molar-refractivity contribution in [2.75, 3.05) is 44.2 Å². The average Bonchev–Trinajstić information content (AvgIpc) is 3.53. The molecule has 39 heavy (non-hydrogen) atoms. The zero-order valence-corrected chi connectivity index (χ0v) is 25.2. The third kappa shape index (κ3) is 5.92. The molecule has 2 atom stereocenters. The molecule has 2 aliphatic heterocycles. The molecule has 6 nitrogen and oxygen atoms in total. The molecular weight excluding hydrogens is 683 g/mol. The summed E-state index contributed by atoms with van der Waals surface area (Å²) in [6.45, 7) is 1.68. The van der Waals surface area contributed by atoms with Gasteiger partial charge < -0.3 is 9.80 Å². The third-order valence-corrected chi connectivity index (χ3v) is 12.7. The van der Waals surface area contributed by atoms with Crippen molar-refractivity contribution in [1.29, 1.82) is 0 Å². The second-order valence-corrected chi connectivity index (χ2v) is 14.9. The van der Waals surface area contributed by atoms with Gasteiger partial charge in [0, 0.05) is 55.3 Å².